The van der Waals surface area contributed by atoms with Crippen molar-refractivity contribution in [2.24, 2.45) is 0 Å². The third-order valence-corrected chi connectivity index (χ3v) is 6.24. The Morgan fingerprint density at radius 2 is 1.97 bits per heavy atom. The van der Waals surface area contributed by atoms with Crippen LogP contribution in [0.1, 0.15) is 53.6 Å². The number of thiazole rings is 1. The summed E-state index contributed by atoms with van der Waals surface area (Å²) in [7, 11) is 1.65. The molecule has 0 bridgehead atoms. The topological polar surface area (TPSA) is 113 Å². The molecule has 2 amide bonds. The maximum absolute atomic E-state index is 12.7. The summed E-state index contributed by atoms with van der Waals surface area (Å²) in [5, 5.41) is 6.78. The van der Waals surface area contributed by atoms with E-state index in [2.05, 4.69) is 36.6 Å². The number of amides is 2. The van der Waals surface area contributed by atoms with Gasteiger partial charge in [0, 0.05) is 30.6 Å². The number of benzene rings is 1. The van der Waals surface area contributed by atoms with Crippen molar-refractivity contribution in [3.63, 3.8) is 0 Å². The van der Waals surface area contributed by atoms with Crippen LogP contribution >= 0.6 is 11.3 Å². The molecule has 3 aromatic heterocycles. The van der Waals surface area contributed by atoms with Crippen LogP contribution in [0.15, 0.2) is 54.4 Å². The normalized spacial score (nSPS) is 11.9. The smallest absolute Gasteiger partial charge is 0.263 e. The van der Waals surface area contributed by atoms with Gasteiger partial charge in [0.15, 0.2) is 0 Å². The van der Waals surface area contributed by atoms with Gasteiger partial charge >= 0.3 is 0 Å². The molecule has 0 aliphatic carbocycles. The fourth-order valence-corrected chi connectivity index (χ4v) is 4.17. The molecule has 1 aromatic carbocycles. The quantitative estimate of drug-likeness (QED) is 0.305. The first kappa shape index (κ1) is 22.6. The summed E-state index contributed by atoms with van der Waals surface area (Å²) < 4.78 is 0. The number of pyridine rings is 1. The Bertz CT molecular complexity index is 1220. The Morgan fingerprint density at radius 1 is 1.09 bits per heavy atom. The van der Waals surface area contributed by atoms with Crippen LogP contribution in [0.2, 0.25) is 0 Å². The highest BCUT2D eigenvalue weighted by molar-refractivity contribution is 7.11. The Kier molecular flexibility index (Phi) is 7.41. The number of unbranched alkanes of at least 4 members (excludes halogenated alkanes) is 2. The molecular weight excluding hydrogens is 436 g/mol. The van der Waals surface area contributed by atoms with Crippen LogP contribution in [-0.2, 0) is 4.79 Å². The van der Waals surface area contributed by atoms with Crippen molar-refractivity contribution in [3.05, 3.63) is 65.1 Å². The summed E-state index contributed by atoms with van der Waals surface area (Å²) in [4.78, 5) is 41.1. The summed E-state index contributed by atoms with van der Waals surface area (Å²) >= 11 is 1.30. The van der Waals surface area contributed by atoms with E-state index in [9.17, 15) is 9.59 Å². The van der Waals surface area contributed by atoms with E-state index in [4.69, 9.17) is 0 Å². The van der Waals surface area contributed by atoms with Crippen LogP contribution in [0, 0.1) is 0 Å². The van der Waals surface area contributed by atoms with Gasteiger partial charge < -0.3 is 15.6 Å². The molecule has 3 N–H and O–H groups in total. The fourth-order valence-electron chi connectivity index (χ4n) is 3.65. The highest BCUT2D eigenvalue weighted by atomic mass is 32.1. The van der Waals surface area contributed by atoms with Gasteiger partial charge in [0.1, 0.15) is 10.7 Å². The zero-order valence-electron chi connectivity index (χ0n) is 18.4. The molecular formula is C24H26N6O2S. The van der Waals surface area contributed by atoms with Crippen LogP contribution in [-0.4, -0.2) is 38.8 Å². The number of aromatic amines is 1. The van der Waals surface area contributed by atoms with E-state index in [1.807, 2.05) is 30.5 Å². The lowest BCUT2D eigenvalue weighted by atomic mass is 10.1. The number of imidazole rings is 1. The maximum Gasteiger partial charge on any atom is 0.263 e. The Hall–Kier alpha value is -3.59. The van der Waals surface area contributed by atoms with Gasteiger partial charge in [-0.05, 0) is 25.0 Å². The standard InChI is InChI=1S/C24H26N6O2S/c1-25-22(31)10-4-2-3-9-19(30-24(32)21-14-26-15-33-21)23-28-13-20(29-23)17-11-16-7-5-6-8-18(16)27-12-17/h5-8,11-15,19H,2-4,9-10H2,1H3,(H,25,31)(H,28,29)(H,30,32). The van der Waals surface area contributed by atoms with Crippen LogP contribution < -0.4 is 10.6 Å². The molecule has 0 saturated heterocycles. The highest BCUT2D eigenvalue weighted by Crippen LogP contribution is 2.25. The van der Waals surface area contributed by atoms with Gasteiger partial charge in [0.05, 0.1) is 35.2 Å². The summed E-state index contributed by atoms with van der Waals surface area (Å²) in [6, 6.07) is 9.76. The molecule has 3 heterocycles. The van der Waals surface area contributed by atoms with Gasteiger partial charge in [-0.25, -0.2) is 4.98 Å². The zero-order chi connectivity index (χ0) is 23.0. The van der Waals surface area contributed by atoms with Gasteiger partial charge in [-0.3, -0.25) is 19.6 Å². The van der Waals surface area contributed by atoms with E-state index in [-0.39, 0.29) is 17.9 Å². The molecule has 170 valence electrons. The minimum Gasteiger partial charge on any atom is -0.359 e. The van der Waals surface area contributed by atoms with Gasteiger partial charge in [-0.15, -0.1) is 11.3 Å². The lowest BCUT2D eigenvalue weighted by Crippen LogP contribution is -2.28. The number of nitrogens with one attached hydrogen (secondary N) is 3. The van der Waals surface area contributed by atoms with Crippen LogP contribution in [0.5, 0.6) is 0 Å². The monoisotopic (exact) mass is 462 g/mol. The number of hydrogen-bond donors (Lipinski definition) is 3. The minimum atomic E-state index is -0.276. The molecule has 8 nitrogen and oxygen atoms in total. The third-order valence-electron chi connectivity index (χ3n) is 5.46. The molecule has 0 aliphatic heterocycles. The van der Waals surface area contributed by atoms with Gasteiger partial charge in [0.25, 0.3) is 5.91 Å². The SMILES string of the molecule is CNC(=O)CCCCCC(NC(=O)c1cncs1)c1ncc(-c2cnc3ccccc3c2)[nH]1. The second kappa shape index (κ2) is 10.8. The number of aromatic nitrogens is 4. The predicted octanol–water partition coefficient (Wildman–Crippen LogP) is 4.25. The van der Waals surface area contributed by atoms with Crippen molar-refractivity contribution < 1.29 is 9.59 Å². The number of carbonyl (C=O) groups is 2. The number of H-pyrrole nitrogens is 1. The first-order chi connectivity index (χ1) is 16.1. The summed E-state index contributed by atoms with van der Waals surface area (Å²) in [6.45, 7) is 0. The Balaban J connectivity index is 1.48. The Labute approximate surface area is 195 Å². The largest absolute Gasteiger partial charge is 0.359 e. The molecule has 1 unspecified atom stereocenters. The van der Waals surface area contributed by atoms with E-state index >= 15 is 0 Å². The lowest BCUT2D eigenvalue weighted by Gasteiger charge is -2.16. The van der Waals surface area contributed by atoms with Crippen LogP contribution in [0.4, 0.5) is 0 Å². The van der Waals surface area contributed by atoms with Crippen molar-refractivity contribution in [3.8, 4) is 11.3 Å². The average Bonchev–Trinajstić information content (AvgIpc) is 3.55. The number of rotatable bonds is 10. The summed E-state index contributed by atoms with van der Waals surface area (Å²) in [5.74, 6) is 0.574. The van der Waals surface area contributed by atoms with E-state index in [1.165, 1.54) is 11.3 Å². The molecule has 0 fully saturated rings. The van der Waals surface area contributed by atoms with E-state index in [0.29, 0.717) is 23.5 Å². The van der Waals surface area contributed by atoms with Crippen molar-refractivity contribution in [2.75, 3.05) is 7.05 Å². The zero-order valence-corrected chi connectivity index (χ0v) is 19.2. The second-order valence-corrected chi connectivity index (χ2v) is 8.65. The van der Waals surface area contributed by atoms with Crippen LogP contribution in [0.3, 0.4) is 0 Å². The second-order valence-electron chi connectivity index (χ2n) is 7.76. The Morgan fingerprint density at radius 3 is 2.79 bits per heavy atom. The number of nitrogens with zero attached hydrogens (tertiary/aromatic N) is 3. The van der Waals surface area contributed by atoms with E-state index in [0.717, 1.165) is 41.4 Å². The summed E-state index contributed by atoms with van der Waals surface area (Å²) in [6.07, 6.45) is 8.94. The number of carbonyl (C=O) groups excluding carboxylic acids is 2. The van der Waals surface area contributed by atoms with Gasteiger partial charge in [-0.2, -0.15) is 0 Å². The summed E-state index contributed by atoms with van der Waals surface area (Å²) in [5.41, 5.74) is 4.36. The molecule has 0 saturated carbocycles. The minimum absolute atomic E-state index is 0.0460. The number of fused-ring (bicyclic) bond motifs is 1. The van der Waals surface area contributed by atoms with E-state index in [1.54, 1.807) is 25.0 Å². The first-order valence-electron chi connectivity index (χ1n) is 10.9. The average molecular weight is 463 g/mol. The van der Waals surface area contributed by atoms with Crippen molar-refractivity contribution in [1.82, 2.24) is 30.6 Å². The third kappa shape index (κ3) is 5.81. The molecule has 4 rings (SSSR count). The molecule has 33 heavy (non-hydrogen) atoms. The van der Waals surface area contributed by atoms with Crippen molar-refractivity contribution in [2.45, 2.75) is 38.1 Å². The molecule has 0 spiro atoms. The molecule has 1 atom stereocenters. The molecule has 4 aromatic rings. The maximum atomic E-state index is 12.7. The molecule has 0 aliphatic rings. The first-order valence-corrected chi connectivity index (χ1v) is 11.8. The number of para-hydroxylation sites is 1. The van der Waals surface area contributed by atoms with E-state index < -0.39 is 0 Å². The van der Waals surface area contributed by atoms with Crippen molar-refractivity contribution >= 4 is 34.1 Å². The lowest BCUT2D eigenvalue weighted by molar-refractivity contribution is -0.120. The van der Waals surface area contributed by atoms with Gasteiger partial charge in [-0.1, -0.05) is 31.0 Å². The predicted molar refractivity (Wildman–Crippen MR) is 129 cm³/mol. The number of hydrogen-bond acceptors (Lipinski definition) is 6. The molecule has 0 radical (unpaired) electrons. The van der Waals surface area contributed by atoms with Gasteiger partial charge in [0.2, 0.25) is 5.91 Å². The fraction of sp³-hybridized carbons (Fsp3) is 0.292. The van der Waals surface area contributed by atoms with Crippen LogP contribution in [0.25, 0.3) is 22.2 Å². The van der Waals surface area contributed by atoms with Crippen molar-refractivity contribution in [1.29, 1.82) is 0 Å². The highest BCUT2D eigenvalue weighted by Gasteiger charge is 2.20. The molecule has 9 heteroatoms.